The molecule has 0 saturated heterocycles. The number of nitrogens with one attached hydrogen (secondary N) is 1. The molecule has 150 valence electrons. The van der Waals surface area contributed by atoms with Crippen LogP contribution in [0, 0.1) is 11.3 Å². The molecule has 0 bridgehead atoms. The van der Waals surface area contributed by atoms with E-state index in [9.17, 15) is 14.9 Å². The van der Waals surface area contributed by atoms with E-state index in [4.69, 9.17) is 9.47 Å². The molecule has 0 aromatic heterocycles. The molecule has 7 nitrogen and oxygen atoms in total. The molecule has 0 spiro atoms. The highest BCUT2D eigenvalue weighted by Crippen LogP contribution is 2.15. The van der Waals surface area contributed by atoms with E-state index in [1.54, 1.807) is 31.4 Å². The molecule has 0 unspecified atom stereocenters. The lowest BCUT2D eigenvalue weighted by Crippen LogP contribution is -2.28. The predicted molar refractivity (Wildman–Crippen MR) is 110 cm³/mol. The Morgan fingerprint density at radius 1 is 1.17 bits per heavy atom. The lowest BCUT2D eigenvalue weighted by Gasteiger charge is -2.11. The third kappa shape index (κ3) is 6.70. The second-order valence-electron chi connectivity index (χ2n) is 6.36. The van der Waals surface area contributed by atoms with Gasteiger partial charge in [0.05, 0.1) is 7.11 Å². The second-order valence-corrected chi connectivity index (χ2v) is 6.36. The number of ether oxygens (including phenoxy) is 2. The molecular weight excluding hydrogens is 370 g/mol. The maximum Gasteiger partial charge on any atom is 0.349 e. The molecule has 0 heterocycles. The van der Waals surface area contributed by atoms with Gasteiger partial charge in [-0.3, -0.25) is 4.79 Å². The van der Waals surface area contributed by atoms with Crippen molar-refractivity contribution < 1.29 is 19.1 Å². The van der Waals surface area contributed by atoms with E-state index >= 15 is 0 Å². The van der Waals surface area contributed by atoms with Gasteiger partial charge in [-0.2, -0.15) is 5.26 Å². The van der Waals surface area contributed by atoms with Crippen LogP contribution in [0.1, 0.15) is 11.1 Å². The molecule has 29 heavy (non-hydrogen) atoms. The smallest absolute Gasteiger partial charge is 0.349 e. The summed E-state index contributed by atoms with van der Waals surface area (Å²) in [7, 11) is 5.40. The van der Waals surface area contributed by atoms with Crippen LogP contribution in [0.25, 0.3) is 6.08 Å². The average Bonchev–Trinajstić information content (AvgIpc) is 2.74. The fraction of sp³-hybridized carbons (Fsp3) is 0.227. The molecule has 1 amide bonds. The summed E-state index contributed by atoms with van der Waals surface area (Å²) < 4.78 is 10.1. The van der Waals surface area contributed by atoms with Crippen molar-refractivity contribution in [3.63, 3.8) is 0 Å². The van der Waals surface area contributed by atoms with Gasteiger partial charge in [0.15, 0.2) is 6.61 Å². The topological polar surface area (TPSA) is 91.7 Å². The van der Waals surface area contributed by atoms with Gasteiger partial charge in [0.2, 0.25) is 0 Å². The van der Waals surface area contributed by atoms with Crippen molar-refractivity contribution in [1.29, 1.82) is 5.26 Å². The van der Waals surface area contributed by atoms with Crippen LogP contribution in [-0.4, -0.2) is 39.7 Å². The van der Waals surface area contributed by atoms with Crippen LogP contribution in [0.15, 0.2) is 54.1 Å². The van der Waals surface area contributed by atoms with E-state index in [-0.39, 0.29) is 12.1 Å². The number of hydrogen-bond donors (Lipinski definition) is 1. The number of carbonyl (C=O) groups is 2. The van der Waals surface area contributed by atoms with E-state index in [0.29, 0.717) is 11.3 Å². The molecule has 0 radical (unpaired) electrons. The molecule has 0 atom stereocenters. The van der Waals surface area contributed by atoms with Gasteiger partial charge in [0.25, 0.3) is 5.91 Å². The number of methoxy groups -OCH3 is 1. The molecule has 1 N–H and O–H groups in total. The first-order valence-electron chi connectivity index (χ1n) is 8.89. The highest BCUT2D eigenvalue weighted by Gasteiger charge is 2.13. The number of carbonyl (C=O) groups excluding carboxylic acids is 2. The molecule has 0 aliphatic carbocycles. The lowest BCUT2D eigenvalue weighted by molar-refractivity contribution is -0.144. The van der Waals surface area contributed by atoms with Gasteiger partial charge in [0.1, 0.15) is 17.4 Å². The molecule has 2 rings (SSSR count). The summed E-state index contributed by atoms with van der Waals surface area (Å²) in [6.07, 6.45) is 1.43. The Bertz CT molecular complexity index is 928. The largest absolute Gasteiger partial charge is 0.497 e. The Morgan fingerprint density at radius 3 is 2.52 bits per heavy atom. The van der Waals surface area contributed by atoms with Gasteiger partial charge < -0.3 is 19.7 Å². The van der Waals surface area contributed by atoms with E-state index in [0.717, 1.165) is 11.3 Å². The van der Waals surface area contributed by atoms with Crippen molar-refractivity contribution >= 4 is 23.6 Å². The van der Waals surface area contributed by atoms with Crippen LogP contribution in [0.3, 0.4) is 0 Å². The van der Waals surface area contributed by atoms with Crippen molar-refractivity contribution in [2.75, 3.05) is 32.7 Å². The molecule has 0 fully saturated rings. The second kappa shape index (κ2) is 10.5. The van der Waals surface area contributed by atoms with Gasteiger partial charge in [-0.1, -0.05) is 24.3 Å². The number of amides is 1. The van der Waals surface area contributed by atoms with Crippen molar-refractivity contribution in [1.82, 2.24) is 5.32 Å². The monoisotopic (exact) mass is 393 g/mol. The zero-order valence-corrected chi connectivity index (χ0v) is 16.6. The first kappa shape index (κ1) is 21.5. The fourth-order valence-electron chi connectivity index (χ4n) is 2.42. The molecule has 2 aromatic rings. The number of hydrogen-bond acceptors (Lipinski definition) is 6. The zero-order valence-electron chi connectivity index (χ0n) is 16.6. The number of anilines is 1. The summed E-state index contributed by atoms with van der Waals surface area (Å²) in [5.41, 5.74) is 2.36. The minimum Gasteiger partial charge on any atom is -0.497 e. The number of esters is 1. The minimum absolute atomic E-state index is 0.178. The van der Waals surface area contributed by atoms with Gasteiger partial charge in [0, 0.05) is 26.3 Å². The van der Waals surface area contributed by atoms with Crippen LogP contribution >= 0.6 is 0 Å². The van der Waals surface area contributed by atoms with Gasteiger partial charge in [-0.15, -0.1) is 0 Å². The highest BCUT2D eigenvalue weighted by atomic mass is 16.5. The zero-order chi connectivity index (χ0) is 21.2. The quantitative estimate of drug-likeness (QED) is 0.421. The molecule has 2 aromatic carbocycles. The Labute approximate surface area is 170 Å². The number of nitrogens with zero attached hydrogens (tertiary/aromatic N) is 2. The molecule has 0 saturated carbocycles. The standard InChI is InChI=1S/C22H23N3O4/c1-25(2)19-9-7-16(8-10-19)11-18(13-23)22(27)29-15-21(26)24-14-17-5-4-6-20(12-17)28-3/h4-12H,14-15H2,1-3H3,(H,24,26)/b18-11-. The van der Waals surface area contributed by atoms with E-state index in [2.05, 4.69) is 5.32 Å². The summed E-state index contributed by atoms with van der Waals surface area (Å²) in [6.45, 7) is -0.200. The summed E-state index contributed by atoms with van der Waals surface area (Å²) in [5, 5.41) is 11.9. The predicted octanol–water partition coefficient (Wildman–Crippen LogP) is 2.53. The van der Waals surface area contributed by atoms with Crippen LogP contribution < -0.4 is 15.0 Å². The lowest BCUT2D eigenvalue weighted by atomic mass is 10.1. The Hall–Kier alpha value is -3.79. The summed E-state index contributed by atoms with van der Waals surface area (Å²) in [5.74, 6) is -0.625. The molecule has 0 aliphatic heterocycles. The molecule has 7 heteroatoms. The third-order valence-electron chi connectivity index (χ3n) is 4.02. The van der Waals surface area contributed by atoms with Gasteiger partial charge >= 0.3 is 5.97 Å². The Morgan fingerprint density at radius 2 is 1.90 bits per heavy atom. The maximum atomic E-state index is 12.1. The van der Waals surface area contributed by atoms with Crippen LogP contribution in [0.5, 0.6) is 5.75 Å². The molecule has 0 aliphatic rings. The fourth-order valence-corrected chi connectivity index (χ4v) is 2.42. The van der Waals surface area contributed by atoms with Crippen molar-refractivity contribution in [2.45, 2.75) is 6.54 Å². The first-order chi connectivity index (χ1) is 13.9. The third-order valence-corrected chi connectivity index (χ3v) is 4.02. The summed E-state index contributed by atoms with van der Waals surface area (Å²) in [6, 6.07) is 16.4. The SMILES string of the molecule is COc1cccc(CNC(=O)COC(=O)/C(C#N)=C\c2ccc(N(C)C)cc2)c1. The summed E-state index contributed by atoms with van der Waals surface area (Å²) in [4.78, 5) is 26.0. The Balaban J connectivity index is 1.88. The molecular formula is C22H23N3O4. The van der Waals surface area contributed by atoms with Crippen molar-refractivity contribution in [3.8, 4) is 11.8 Å². The minimum atomic E-state index is -0.847. The van der Waals surface area contributed by atoms with Crippen molar-refractivity contribution in [3.05, 3.63) is 65.2 Å². The number of benzene rings is 2. The van der Waals surface area contributed by atoms with Crippen LogP contribution in [0.2, 0.25) is 0 Å². The first-order valence-corrected chi connectivity index (χ1v) is 8.89. The van der Waals surface area contributed by atoms with Gasteiger partial charge in [-0.25, -0.2) is 4.79 Å². The Kier molecular flexibility index (Phi) is 7.80. The normalized spacial score (nSPS) is 10.6. The summed E-state index contributed by atoms with van der Waals surface area (Å²) >= 11 is 0. The number of rotatable bonds is 8. The van der Waals surface area contributed by atoms with E-state index in [1.807, 2.05) is 49.3 Å². The highest BCUT2D eigenvalue weighted by molar-refractivity contribution is 5.98. The van der Waals surface area contributed by atoms with Gasteiger partial charge in [-0.05, 0) is 41.5 Å². The average molecular weight is 393 g/mol. The van der Waals surface area contributed by atoms with E-state index < -0.39 is 18.5 Å². The number of nitriles is 1. The maximum absolute atomic E-state index is 12.1. The van der Waals surface area contributed by atoms with Crippen LogP contribution in [-0.2, 0) is 20.9 Å². The van der Waals surface area contributed by atoms with Crippen molar-refractivity contribution in [2.24, 2.45) is 0 Å². The van der Waals surface area contributed by atoms with E-state index in [1.165, 1.54) is 6.08 Å². The van der Waals surface area contributed by atoms with Crippen LogP contribution in [0.4, 0.5) is 5.69 Å².